The van der Waals surface area contributed by atoms with E-state index in [4.69, 9.17) is 11.0 Å². The monoisotopic (exact) mass is 242 g/mol. The minimum Gasteiger partial charge on any atom is -0.508 e. The molecule has 0 aliphatic rings. The highest BCUT2D eigenvalue weighted by atomic mass is 32.2. The van der Waals surface area contributed by atoms with Crippen LogP contribution in [0, 0.1) is 11.3 Å². The van der Waals surface area contributed by atoms with Crippen LogP contribution in [0.4, 0.5) is 5.69 Å². The normalized spacial score (nSPS) is 9.82. The molecule has 0 amide bonds. The molecule has 2 aromatic carbocycles. The third-order valence-electron chi connectivity index (χ3n) is 2.20. The number of hydrogen-bond acceptors (Lipinski definition) is 4. The van der Waals surface area contributed by atoms with Gasteiger partial charge in [0.2, 0.25) is 0 Å². The number of phenols is 1. The summed E-state index contributed by atoms with van der Waals surface area (Å²) in [5.41, 5.74) is 6.99. The van der Waals surface area contributed by atoms with Gasteiger partial charge in [-0.05, 0) is 42.5 Å². The Morgan fingerprint density at radius 3 is 2.41 bits per heavy atom. The largest absolute Gasteiger partial charge is 0.508 e. The predicted octanol–water partition coefficient (Wildman–Crippen LogP) is 3.00. The topological polar surface area (TPSA) is 70.0 Å². The molecule has 3 nitrogen and oxygen atoms in total. The Morgan fingerprint density at radius 2 is 1.82 bits per heavy atom. The lowest BCUT2D eigenvalue weighted by Crippen LogP contribution is -1.89. The maximum absolute atomic E-state index is 9.18. The van der Waals surface area contributed by atoms with Crippen molar-refractivity contribution in [2.24, 2.45) is 0 Å². The van der Waals surface area contributed by atoms with E-state index in [0.717, 1.165) is 9.79 Å². The summed E-state index contributed by atoms with van der Waals surface area (Å²) in [5, 5.41) is 17.9. The molecule has 0 unspecified atom stereocenters. The third-order valence-corrected chi connectivity index (χ3v) is 3.30. The number of nitrogens with two attached hydrogens (primary N) is 1. The molecule has 2 rings (SSSR count). The number of nitriles is 1. The zero-order valence-corrected chi connectivity index (χ0v) is 9.74. The summed E-state index contributed by atoms with van der Waals surface area (Å²) >= 11 is 1.50. The van der Waals surface area contributed by atoms with E-state index in [1.807, 2.05) is 24.3 Å². The van der Waals surface area contributed by atoms with Crippen LogP contribution in [-0.2, 0) is 0 Å². The average Bonchev–Trinajstić information content (AvgIpc) is 2.34. The maximum Gasteiger partial charge on any atom is 0.115 e. The molecule has 0 saturated carbocycles. The van der Waals surface area contributed by atoms with Gasteiger partial charge in [0.15, 0.2) is 0 Å². The van der Waals surface area contributed by atoms with Crippen LogP contribution in [0.25, 0.3) is 0 Å². The van der Waals surface area contributed by atoms with Gasteiger partial charge < -0.3 is 10.8 Å². The van der Waals surface area contributed by atoms with Crippen LogP contribution < -0.4 is 5.73 Å². The first kappa shape index (κ1) is 11.4. The lowest BCUT2D eigenvalue weighted by molar-refractivity contribution is 0.475. The highest BCUT2D eigenvalue weighted by Crippen LogP contribution is 2.33. The molecule has 0 aromatic heterocycles. The van der Waals surface area contributed by atoms with E-state index in [1.54, 1.807) is 24.3 Å². The lowest BCUT2D eigenvalue weighted by Gasteiger charge is -2.05. The van der Waals surface area contributed by atoms with Crippen molar-refractivity contribution in [1.29, 1.82) is 5.26 Å². The quantitative estimate of drug-likeness (QED) is 0.794. The summed E-state index contributed by atoms with van der Waals surface area (Å²) in [5.74, 6) is 0.238. The van der Waals surface area contributed by atoms with Gasteiger partial charge in [-0.15, -0.1) is 0 Å². The molecule has 4 heteroatoms. The smallest absolute Gasteiger partial charge is 0.115 e. The third kappa shape index (κ3) is 2.71. The molecule has 0 aliphatic heterocycles. The first-order valence-electron chi connectivity index (χ1n) is 4.95. The molecule has 2 aromatic rings. The van der Waals surface area contributed by atoms with Crippen molar-refractivity contribution in [3.8, 4) is 11.8 Å². The van der Waals surface area contributed by atoms with Crippen molar-refractivity contribution in [2.45, 2.75) is 9.79 Å². The number of phenolic OH excluding ortho intramolecular Hbond substituents is 1. The second-order valence-electron chi connectivity index (χ2n) is 3.46. The number of anilines is 1. The van der Waals surface area contributed by atoms with Crippen molar-refractivity contribution in [3.05, 3.63) is 48.0 Å². The standard InChI is InChI=1S/C13H10N2OS/c14-8-9-1-6-13(12(15)7-9)17-11-4-2-10(16)3-5-11/h1-7,16H,15H2. The average molecular weight is 242 g/mol. The molecule has 0 atom stereocenters. The van der Waals surface area contributed by atoms with E-state index < -0.39 is 0 Å². The Hall–Kier alpha value is -2.12. The van der Waals surface area contributed by atoms with Gasteiger partial charge >= 0.3 is 0 Å². The van der Waals surface area contributed by atoms with E-state index in [1.165, 1.54) is 11.8 Å². The summed E-state index contributed by atoms with van der Waals surface area (Å²) in [6, 6.07) is 14.1. The Balaban J connectivity index is 2.25. The fourth-order valence-electron chi connectivity index (χ4n) is 1.35. The van der Waals surface area contributed by atoms with E-state index >= 15 is 0 Å². The van der Waals surface area contributed by atoms with Crippen molar-refractivity contribution in [3.63, 3.8) is 0 Å². The number of hydrogen-bond donors (Lipinski definition) is 2. The Labute approximate surface area is 104 Å². The van der Waals surface area contributed by atoms with Gasteiger partial charge in [-0.1, -0.05) is 11.8 Å². The van der Waals surface area contributed by atoms with Gasteiger partial charge in [-0.3, -0.25) is 0 Å². The van der Waals surface area contributed by atoms with Gasteiger partial charge in [0.25, 0.3) is 0 Å². The number of aromatic hydroxyl groups is 1. The van der Waals surface area contributed by atoms with Gasteiger partial charge in [0.1, 0.15) is 5.75 Å². The van der Waals surface area contributed by atoms with Crippen molar-refractivity contribution < 1.29 is 5.11 Å². The molecule has 0 fully saturated rings. The van der Waals surface area contributed by atoms with Gasteiger partial charge in [0, 0.05) is 15.5 Å². The van der Waals surface area contributed by atoms with Crippen molar-refractivity contribution >= 4 is 17.4 Å². The Bertz CT molecular complexity index is 573. The van der Waals surface area contributed by atoms with Crippen LogP contribution in [0.2, 0.25) is 0 Å². The molecule has 0 aliphatic carbocycles. The van der Waals surface area contributed by atoms with Gasteiger partial charge in [-0.2, -0.15) is 5.26 Å². The number of nitrogens with zero attached hydrogens (tertiary/aromatic N) is 1. The second-order valence-corrected chi connectivity index (χ2v) is 4.58. The Morgan fingerprint density at radius 1 is 1.12 bits per heavy atom. The molecular formula is C13H10N2OS. The first-order valence-corrected chi connectivity index (χ1v) is 5.77. The molecule has 0 saturated heterocycles. The van der Waals surface area contributed by atoms with E-state index in [2.05, 4.69) is 0 Å². The highest BCUT2D eigenvalue weighted by molar-refractivity contribution is 7.99. The molecule has 3 N–H and O–H groups in total. The molecule has 84 valence electrons. The molecule has 0 bridgehead atoms. The minimum absolute atomic E-state index is 0.238. The fraction of sp³-hybridized carbons (Fsp3) is 0. The summed E-state index contributed by atoms with van der Waals surface area (Å²) in [6.07, 6.45) is 0. The predicted molar refractivity (Wildman–Crippen MR) is 67.8 cm³/mol. The minimum atomic E-state index is 0.238. The first-order chi connectivity index (χ1) is 8.19. The maximum atomic E-state index is 9.18. The van der Waals surface area contributed by atoms with E-state index in [0.29, 0.717) is 11.3 Å². The summed E-state index contributed by atoms with van der Waals surface area (Å²) < 4.78 is 0. The zero-order valence-electron chi connectivity index (χ0n) is 8.92. The van der Waals surface area contributed by atoms with Crippen molar-refractivity contribution in [1.82, 2.24) is 0 Å². The summed E-state index contributed by atoms with van der Waals surface area (Å²) in [7, 11) is 0. The Kier molecular flexibility index (Phi) is 3.22. The fourth-order valence-corrected chi connectivity index (χ4v) is 2.19. The van der Waals surface area contributed by atoms with Crippen LogP contribution in [-0.4, -0.2) is 5.11 Å². The van der Waals surface area contributed by atoms with Crippen LogP contribution >= 0.6 is 11.8 Å². The molecule has 0 radical (unpaired) electrons. The zero-order chi connectivity index (χ0) is 12.3. The highest BCUT2D eigenvalue weighted by Gasteiger charge is 2.03. The summed E-state index contributed by atoms with van der Waals surface area (Å²) in [6.45, 7) is 0. The van der Waals surface area contributed by atoms with E-state index in [9.17, 15) is 5.11 Å². The van der Waals surface area contributed by atoms with Crippen LogP contribution in [0.15, 0.2) is 52.3 Å². The van der Waals surface area contributed by atoms with Gasteiger partial charge in [-0.25, -0.2) is 0 Å². The van der Waals surface area contributed by atoms with Gasteiger partial charge in [0.05, 0.1) is 11.6 Å². The molecule has 0 heterocycles. The van der Waals surface area contributed by atoms with Crippen LogP contribution in [0.3, 0.4) is 0 Å². The lowest BCUT2D eigenvalue weighted by atomic mass is 10.2. The SMILES string of the molecule is N#Cc1ccc(Sc2ccc(O)cc2)c(N)c1. The number of benzene rings is 2. The van der Waals surface area contributed by atoms with Crippen molar-refractivity contribution in [2.75, 3.05) is 5.73 Å². The molecule has 0 spiro atoms. The number of rotatable bonds is 2. The summed E-state index contributed by atoms with van der Waals surface area (Å²) in [4.78, 5) is 1.88. The number of nitrogen functional groups attached to an aromatic ring is 1. The van der Waals surface area contributed by atoms with E-state index in [-0.39, 0.29) is 5.75 Å². The van der Waals surface area contributed by atoms with Crippen LogP contribution in [0.5, 0.6) is 5.75 Å². The molecular weight excluding hydrogens is 232 g/mol. The second kappa shape index (κ2) is 4.81. The van der Waals surface area contributed by atoms with Crippen LogP contribution in [0.1, 0.15) is 5.56 Å². The molecule has 17 heavy (non-hydrogen) atoms.